The molecule has 3 heterocycles. The lowest BCUT2D eigenvalue weighted by molar-refractivity contribution is 0.102. The maximum Gasteiger partial charge on any atom is 0.255 e. The molecule has 1 fully saturated rings. The molecule has 1 N–H and O–H groups in total. The van der Waals surface area contributed by atoms with Gasteiger partial charge in [-0.25, -0.2) is 0 Å². The summed E-state index contributed by atoms with van der Waals surface area (Å²) in [7, 11) is 0. The van der Waals surface area contributed by atoms with E-state index < -0.39 is 0 Å². The van der Waals surface area contributed by atoms with Gasteiger partial charge in [-0.1, -0.05) is 25.0 Å². The van der Waals surface area contributed by atoms with E-state index in [-0.39, 0.29) is 5.91 Å². The van der Waals surface area contributed by atoms with Crippen LogP contribution in [0.25, 0.3) is 16.9 Å². The lowest BCUT2D eigenvalue weighted by Crippen LogP contribution is -2.25. The van der Waals surface area contributed by atoms with Crippen molar-refractivity contribution in [2.45, 2.75) is 25.7 Å². The van der Waals surface area contributed by atoms with Gasteiger partial charge >= 0.3 is 0 Å². The summed E-state index contributed by atoms with van der Waals surface area (Å²) in [6.07, 6.45) is 8.97. The van der Waals surface area contributed by atoms with Gasteiger partial charge in [0.05, 0.1) is 5.69 Å². The zero-order valence-electron chi connectivity index (χ0n) is 18.5. The number of rotatable bonds is 5. The molecule has 2 aromatic carbocycles. The summed E-state index contributed by atoms with van der Waals surface area (Å²) in [6.45, 7) is 2.11. The van der Waals surface area contributed by atoms with Crippen LogP contribution >= 0.6 is 0 Å². The van der Waals surface area contributed by atoms with Crippen molar-refractivity contribution in [3.05, 3.63) is 90.8 Å². The van der Waals surface area contributed by atoms with Crippen LogP contribution < -0.4 is 10.2 Å². The number of nitrogens with zero attached hydrogens (tertiary/aromatic N) is 4. The van der Waals surface area contributed by atoms with E-state index in [1.807, 2.05) is 83.7 Å². The molecule has 1 aliphatic heterocycles. The van der Waals surface area contributed by atoms with Crippen molar-refractivity contribution in [1.29, 1.82) is 0 Å². The largest absolute Gasteiger partial charge is 0.355 e. The van der Waals surface area contributed by atoms with Crippen LogP contribution in [0.15, 0.2) is 85.2 Å². The van der Waals surface area contributed by atoms with E-state index in [0.717, 1.165) is 41.5 Å². The Morgan fingerprint density at radius 2 is 1.45 bits per heavy atom. The van der Waals surface area contributed by atoms with Gasteiger partial charge in [-0.15, -0.1) is 10.2 Å². The summed E-state index contributed by atoms with van der Waals surface area (Å²) in [5.41, 5.74) is 4.17. The van der Waals surface area contributed by atoms with Crippen LogP contribution in [0.1, 0.15) is 36.0 Å². The second-order valence-corrected chi connectivity index (χ2v) is 8.35. The second kappa shape index (κ2) is 9.69. The third kappa shape index (κ3) is 4.95. The van der Waals surface area contributed by atoms with Gasteiger partial charge in [0.25, 0.3) is 5.91 Å². The number of hydrogen-bond donors (Lipinski definition) is 1. The molecule has 0 saturated carbocycles. The molecule has 0 atom stereocenters. The fourth-order valence-corrected chi connectivity index (χ4v) is 4.17. The van der Waals surface area contributed by atoms with Gasteiger partial charge in [0.1, 0.15) is 0 Å². The quantitative estimate of drug-likeness (QED) is 0.444. The molecule has 0 spiro atoms. The second-order valence-electron chi connectivity index (χ2n) is 8.35. The number of carbonyl (C=O) groups is 1. The molecular weight excluding hydrogens is 410 g/mol. The van der Waals surface area contributed by atoms with E-state index >= 15 is 0 Å². The number of carbonyl (C=O) groups excluding carboxylic acids is 1. The zero-order chi connectivity index (χ0) is 22.5. The third-order valence-electron chi connectivity index (χ3n) is 6.05. The number of benzene rings is 2. The number of aromatic nitrogens is 3. The first-order valence-electron chi connectivity index (χ1n) is 11.5. The Bertz CT molecular complexity index is 1180. The van der Waals surface area contributed by atoms with Crippen molar-refractivity contribution in [2.24, 2.45) is 0 Å². The lowest BCUT2D eigenvalue weighted by atomic mass is 10.1. The predicted octanol–water partition coefficient (Wildman–Crippen LogP) is 5.57. The van der Waals surface area contributed by atoms with Crippen LogP contribution in [0.4, 0.5) is 11.5 Å². The van der Waals surface area contributed by atoms with E-state index in [1.165, 1.54) is 25.7 Å². The molecular formula is C27H27N5O. The maximum absolute atomic E-state index is 12.6. The number of nitrogens with one attached hydrogen (secondary N) is 1. The van der Waals surface area contributed by atoms with Gasteiger partial charge in [-0.3, -0.25) is 4.79 Å². The molecule has 4 aromatic rings. The molecule has 0 aliphatic carbocycles. The molecule has 0 bridgehead atoms. The molecule has 1 saturated heterocycles. The average molecular weight is 438 g/mol. The maximum atomic E-state index is 12.6. The van der Waals surface area contributed by atoms with Crippen molar-refractivity contribution in [3.8, 4) is 16.9 Å². The summed E-state index contributed by atoms with van der Waals surface area (Å²) in [5.74, 6) is 0.815. The topological polar surface area (TPSA) is 63.1 Å². The minimum Gasteiger partial charge on any atom is -0.355 e. The highest BCUT2D eigenvalue weighted by Crippen LogP contribution is 2.22. The first-order valence-corrected chi connectivity index (χ1v) is 11.5. The van der Waals surface area contributed by atoms with Crippen LogP contribution in [0.5, 0.6) is 0 Å². The van der Waals surface area contributed by atoms with Crippen LogP contribution in [0.2, 0.25) is 0 Å². The Morgan fingerprint density at radius 1 is 0.758 bits per heavy atom. The molecule has 2 aromatic heterocycles. The van der Waals surface area contributed by atoms with E-state index in [1.54, 1.807) is 0 Å². The third-order valence-corrected chi connectivity index (χ3v) is 6.05. The van der Waals surface area contributed by atoms with Crippen molar-refractivity contribution in [2.75, 3.05) is 23.3 Å². The van der Waals surface area contributed by atoms with Gasteiger partial charge in [-0.2, -0.15) is 0 Å². The van der Waals surface area contributed by atoms with Crippen LogP contribution in [-0.4, -0.2) is 33.8 Å². The standard InChI is InChI=1S/C27H27N5O/c33-27(22-9-13-24(14-10-22)31-17-5-6-18-31)28-23-11-7-21(8-12-23)25-15-16-26(30-29-25)32-19-3-1-2-4-20-32/h5-18H,1-4,19-20H2,(H,28,33). The normalized spacial score (nSPS) is 14.0. The Labute approximate surface area is 193 Å². The molecule has 0 unspecified atom stereocenters. The molecule has 33 heavy (non-hydrogen) atoms. The monoisotopic (exact) mass is 437 g/mol. The van der Waals surface area contributed by atoms with Gasteiger partial charge < -0.3 is 14.8 Å². The van der Waals surface area contributed by atoms with Gasteiger partial charge in [0.2, 0.25) is 0 Å². The fraction of sp³-hybridized carbons (Fsp3) is 0.222. The van der Waals surface area contributed by atoms with Crippen LogP contribution in [-0.2, 0) is 0 Å². The van der Waals surface area contributed by atoms with E-state index in [4.69, 9.17) is 0 Å². The van der Waals surface area contributed by atoms with Gasteiger partial charge in [-0.05, 0) is 73.5 Å². The number of anilines is 2. The Hall–Kier alpha value is -3.93. The predicted molar refractivity (Wildman–Crippen MR) is 132 cm³/mol. The SMILES string of the molecule is O=C(Nc1ccc(-c2ccc(N3CCCCCC3)nn2)cc1)c1ccc(-n2cccc2)cc1. The molecule has 5 rings (SSSR count). The fourth-order valence-electron chi connectivity index (χ4n) is 4.17. The summed E-state index contributed by atoms with van der Waals surface area (Å²) in [4.78, 5) is 15.0. The van der Waals surface area contributed by atoms with E-state index in [2.05, 4.69) is 26.5 Å². The zero-order valence-corrected chi connectivity index (χ0v) is 18.5. The highest BCUT2D eigenvalue weighted by atomic mass is 16.1. The van der Waals surface area contributed by atoms with E-state index in [9.17, 15) is 4.79 Å². The summed E-state index contributed by atoms with van der Waals surface area (Å²) >= 11 is 0. The van der Waals surface area contributed by atoms with Crippen LogP contribution in [0.3, 0.4) is 0 Å². The minimum atomic E-state index is -0.136. The average Bonchev–Trinajstić information content (AvgIpc) is 3.27. The Balaban J connectivity index is 1.22. The molecule has 0 radical (unpaired) electrons. The minimum absolute atomic E-state index is 0.136. The summed E-state index contributed by atoms with van der Waals surface area (Å²) < 4.78 is 2.00. The Kier molecular flexibility index (Phi) is 6.15. The molecule has 1 aliphatic rings. The van der Waals surface area contributed by atoms with Crippen molar-refractivity contribution in [1.82, 2.24) is 14.8 Å². The van der Waals surface area contributed by atoms with Crippen molar-refractivity contribution >= 4 is 17.4 Å². The summed E-state index contributed by atoms with van der Waals surface area (Å²) in [5, 5.41) is 11.9. The van der Waals surface area contributed by atoms with Gasteiger partial charge in [0.15, 0.2) is 5.82 Å². The molecule has 6 heteroatoms. The highest BCUT2D eigenvalue weighted by molar-refractivity contribution is 6.04. The first kappa shape index (κ1) is 20.9. The number of hydrogen-bond acceptors (Lipinski definition) is 4. The van der Waals surface area contributed by atoms with Crippen molar-refractivity contribution < 1.29 is 4.79 Å². The van der Waals surface area contributed by atoms with Gasteiger partial charge in [0, 0.05) is 48.0 Å². The molecule has 6 nitrogen and oxygen atoms in total. The first-order chi connectivity index (χ1) is 16.3. The van der Waals surface area contributed by atoms with Crippen LogP contribution in [0, 0.1) is 0 Å². The lowest BCUT2D eigenvalue weighted by Gasteiger charge is -2.20. The Morgan fingerprint density at radius 3 is 2.09 bits per heavy atom. The number of amides is 1. The smallest absolute Gasteiger partial charge is 0.255 e. The van der Waals surface area contributed by atoms with E-state index in [0.29, 0.717) is 5.56 Å². The highest BCUT2D eigenvalue weighted by Gasteiger charge is 2.12. The molecule has 166 valence electrons. The van der Waals surface area contributed by atoms with Crippen molar-refractivity contribution in [3.63, 3.8) is 0 Å². The molecule has 1 amide bonds. The summed E-state index contributed by atoms with van der Waals surface area (Å²) in [6, 6.07) is 23.3.